The second-order valence-corrected chi connectivity index (χ2v) is 9.47. The molecule has 0 amide bonds. The number of fused-ring (bicyclic) bond motifs is 5. The molecule has 4 rings (SSSR count). The van der Waals surface area contributed by atoms with E-state index in [1.807, 2.05) is 0 Å². The van der Waals surface area contributed by atoms with Crippen molar-refractivity contribution in [3.63, 3.8) is 0 Å². The minimum atomic E-state index is -0.486. The van der Waals surface area contributed by atoms with Crippen molar-refractivity contribution in [1.29, 1.82) is 0 Å². The molecule has 3 N–H and O–H groups in total. The quantitative estimate of drug-likeness (QED) is 0.670. The summed E-state index contributed by atoms with van der Waals surface area (Å²) in [4.78, 5) is 12.3. The third kappa shape index (κ3) is 2.26. The predicted octanol–water partition coefficient (Wildman–Crippen LogP) is 2.46. The zero-order valence-corrected chi connectivity index (χ0v) is 15.4. The van der Waals surface area contributed by atoms with Crippen LogP contribution < -0.4 is 0 Å². The molecule has 0 radical (unpaired) electrons. The largest absolute Gasteiger partial charge is 0.393 e. The summed E-state index contributed by atoms with van der Waals surface area (Å²) in [5.74, 6) is 0.674. The molecule has 140 valence electrons. The molecule has 4 aliphatic carbocycles. The van der Waals surface area contributed by atoms with Gasteiger partial charge in [0.15, 0.2) is 5.78 Å². The zero-order valence-electron chi connectivity index (χ0n) is 15.4. The average molecular weight is 348 g/mol. The second-order valence-electron chi connectivity index (χ2n) is 9.47. The Bertz CT molecular complexity index is 599. The molecule has 25 heavy (non-hydrogen) atoms. The van der Waals surface area contributed by atoms with Crippen LogP contribution in [0, 0.1) is 34.5 Å². The van der Waals surface area contributed by atoms with Crippen LogP contribution in [0.25, 0.3) is 0 Å². The van der Waals surface area contributed by atoms with E-state index >= 15 is 0 Å². The molecule has 0 bridgehead atoms. The van der Waals surface area contributed by atoms with Gasteiger partial charge in [-0.05, 0) is 68.1 Å². The van der Waals surface area contributed by atoms with Crippen molar-refractivity contribution in [2.45, 2.75) is 71.0 Å². The predicted molar refractivity (Wildman–Crippen MR) is 94.7 cm³/mol. The van der Waals surface area contributed by atoms with Crippen LogP contribution in [0.1, 0.15) is 58.8 Å². The number of carbonyl (C=O) groups is 1. The average Bonchev–Trinajstić information content (AvgIpc) is 2.91. The first-order chi connectivity index (χ1) is 11.8. The number of aliphatic hydroxyl groups is 3. The number of carbonyl (C=O) groups excluding carboxylic acids is 1. The van der Waals surface area contributed by atoms with Crippen LogP contribution in [0.3, 0.4) is 0 Å². The summed E-state index contributed by atoms with van der Waals surface area (Å²) < 4.78 is 0. The molecular weight excluding hydrogens is 316 g/mol. The number of hydrogen-bond acceptors (Lipinski definition) is 4. The Morgan fingerprint density at radius 3 is 2.68 bits per heavy atom. The van der Waals surface area contributed by atoms with Crippen molar-refractivity contribution in [2.24, 2.45) is 34.5 Å². The van der Waals surface area contributed by atoms with Gasteiger partial charge in [-0.1, -0.05) is 25.5 Å². The van der Waals surface area contributed by atoms with Crippen molar-refractivity contribution < 1.29 is 20.1 Å². The molecule has 0 heterocycles. The molecular formula is C21H32O4. The van der Waals surface area contributed by atoms with Gasteiger partial charge in [0.2, 0.25) is 0 Å². The van der Waals surface area contributed by atoms with Crippen LogP contribution >= 0.6 is 0 Å². The SMILES string of the molecule is C[C@]12C[C@H](O)[C@H]3[C@@H](CCC4=CCCC(O)[C@@]43C)[C@@H]1CC[C@@H]2C(=O)CO. The van der Waals surface area contributed by atoms with Crippen LogP contribution in [0.15, 0.2) is 11.6 Å². The number of rotatable bonds is 2. The molecule has 0 aromatic carbocycles. The fraction of sp³-hybridized carbons (Fsp3) is 0.857. The van der Waals surface area contributed by atoms with Gasteiger partial charge in [-0.3, -0.25) is 4.79 Å². The van der Waals surface area contributed by atoms with Gasteiger partial charge in [0.1, 0.15) is 6.61 Å². The Morgan fingerprint density at radius 1 is 1.20 bits per heavy atom. The molecule has 4 heteroatoms. The summed E-state index contributed by atoms with van der Waals surface area (Å²) >= 11 is 0. The van der Waals surface area contributed by atoms with Crippen molar-refractivity contribution in [1.82, 2.24) is 0 Å². The van der Waals surface area contributed by atoms with Gasteiger partial charge >= 0.3 is 0 Å². The van der Waals surface area contributed by atoms with E-state index in [1.165, 1.54) is 5.57 Å². The molecule has 3 saturated carbocycles. The number of allylic oxidation sites excluding steroid dienone is 1. The summed E-state index contributed by atoms with van der Waals surface area (Å²) in [7, 11) is 0. The number of ketones is 1. The summed E-state index contributed by atoms with van der Waals surface area (Å²) in [6.45, 7) is 3.94. The number of Topliss-reactive ketones (excluding diaryl/α,β-unsaturated/α-hetero) is 1. The lowest BCUT2D eigenvalue weighted by Crippen LogP contribution is -2.60. The maximum atomic E-state index is 12.3. The molecule has 4 aliphatic rings. The Labute approximate surface area is 150 Å². The fourth-order valence-corrected chi connectivity index (χ4v) is 7.52. The van der Waals surface area contributed by atoms with Gasteiger partial charge in [-0.15, -0.1) is 0 Å². The first-order valence-electron chi connectivity index (χ1n) is 10.0. The molecule has 0 aliphatic heterocycles. The third-order valence-corrected chi connectivity index (χ3v) is 8.65. The van der Waals surface area contributed by atoms with E-state index in [4.69, 9.17) is 0 Å². The van der Waals surface area contributed by atoms with Gasteiger partial charge in [0.25, 0.3) is 0 Å². The van der Waals surface area contributed by atoms with Crippen molar-refractivity contribution in [2.75, 3.05) is 6.61 Å². The van der Waals surface area contributed by atoms with E-state index in [0.29, 0.717) is 18.3 Å². The highest BCUT2D eigenvalue weighted by atomic mass is 16.3. The summed E-state index contributed by atoms with van der Waals surface area (Å²) in [6.07, 6.45) is 7.67. The molecule has 0 aromatic rings. The molecule has 8 atom stereocenters. The van der Waals surface area contributed by atoms with Crippen molar-refractivity contribution in [3.8, 4) is 0 Å². The minimum Gasteiger partial charge on any atom is -0.393 e. The minimum absolute atomic E-state index is 0.0593. The van der Waals surface area contributed by atoms with Crippen LogP contribution in [0.2, 0.25) is 0 Å². The first-order valence-corrected chi connectivity index (χ1v) is 10.0. The Balaban J connectivity index is 1.72. The zero-order chi connectivity index (χ0) is 18.0. The lowest BCUT2D eigenvalue weighted by molar-refractivity contribution is -0.159. The molecule has 1 unspecified atom stereocenters. The number of aliphatic hydroxyl groups excluding tert-OH is 3. The molecule has 4 nitrogen and oxygen atoms in total. The van der Waals surface area contributed by atoms with E-state index in [0.717, 1.165) is 38.5 Å². The van der Waals surface area contributed by atoms with E-state index in [-0.39, 0.29) is 41.2 Å². The molecule has 3 fully saturated rings. The maximum absolute atomic E-state index is 12.3. The van der Waals surface area contributed by atoms with E-state index in [9.17, 15) is 20.1 Å². The second kappa shape index (κ2) is 5.90. The van der Waals surface area contributed by atoms with Gasteiger partial charge in [-0.2, -0.15) is 0 Å². The van der Waals surface area contributed by atoms with Crippen LogP contribution in [-0.4, -0.2) is 39.9 Å². The van der Waals surface area contributed by atoms with Gasteiger partial charge in [0.05, 0.1) is 12.2 Å². The Kier molecular flexibility index (Phi) is 4.17. The first kappa shape index (κ1) is 17.7. The molecule has 0 aromatic heterocycles. The third-order valence-electron chi connectivity index (χ3n) is 8.65. The summed E-state index contributed by atoms with van der Waals surface area (Å²) in [5.41, 5.74) is 0.814. The van der Waals surface area contributed by atoms with Crippen LogP contribution in [-0.2, 0) is 4.79 Å². The smallest absolute Gasteiger partial charge is 0.161 e. The van der Waals surface area contributed by atoms with Crippen LogP contribution in [0.5, 0.6) is 0 Å². The normalized spacial score (nSPS) is 52.0. The standard InChI is InChI=1S/C21H32O4/c1-20-10-16(23)19-13(14(20)8-9-15(20)17(24)11-22)7-6-12-4-3-5-18(25)21(12,19)2/h4,13-16,18-19,22-23,25H,3,5-11H2,1-2H3/t13-,14-,15+,16-,18?,19+,20-,21+/m0/s1. The Morgan fingerprint density at radius 2 is 1.96 bits per heavy atom. The van der Waals surface area contributed by atoms with E-state index in [2.05, 4.69) is 19.9 Å². The lowest BCUT2D eigenvalue weighted by atomic mass is 9.45. The van der Waals surface area contributed by atoms with E-state index < -0.39 is 6.10 Å². The fourth-order valence-electron chi connectivity index (χ4n) is 7.52. The van der Waals surface area contributed by atoms with Gasteiger partial charge in [-0.25, -0.2) is 0 Å². The molecule has 0 saturated heterocycles. The van der Waals surface area contributed by atoms with Gasteiger partial charge in [0, 0.05) is 11.3 Å². The van der Waals surface area contributed by atoms with Crippen LogP contribution in [0.4, 0.5) is 0 Å². The van der Waals surface area contributed by atoms with E-state index in [1.54, 1.807) is 0 Å². The maximum Gasteiger partial charge on any atom is 0.161 e. The molecule has 0 spiro atoms. The summed E-state index contributed by atoms with van der Waals surface area (Å²) in [5, 5.41) is 31.4. The van der Waals surface area contributed by atoms with Gasteiger partial charge < -0.3 is 15.3 Å². The highest BCUT2D eigenvalue weighted by Crippen LogP contribution is 2.66. The topological polar surface area (TPSA) is 77.8 Å². The summed E-state index contributed by atoms with van der Waals surface area (Å²) in [6, 6.07) is 0. The number of hydrogen-bond donors (Lipinski definition) is 3. The van der Waals surface area contributed by atoms with Crippen molar-refractivity contribution in [3.05, 3.63) is 11.6 Å². The van der Waals surface area contributed by atoms with Crippen molar-refractivity contribution >= 4 is 5.78 Å². The monoisotopic (exact) mass is 348 g/mol. The Hall–Kier alpha value is -0.710. The highest BCUT2D eigenvalue weighted by molar-refractivity contribution is 5.83. The lowest BCUT2D eigenvalue weighted by Gasteiger charge is -2.60. The highest BCUT2D eigenvalue weighted by Gasteiger charge is 2.63.